The molecule has 1 heterocycles. The third kappa shape index (κ3) is 4.52. The van der Waals surface area contributed by atoms with Gasteiger partial charge in [-0.05, 0) is 20.8 Å². The van der Waals surface area contributed by atoms with Crippen LogP contribution in [-0.4, -0.2) is 17.4 Å². The van der Waals surface area contributed by atoms with Crippen LogP contribution in [0.2, 0.25) is 0 Å². The Labute approximate surface area is 130 Å². The summed E-state index contributed by atoms with van der Waals surface area (Å²) in [5.74, 6) is -0.343. The van der Waals surface area contributed by atoms with E-state index in [0.717, 1.165) is 0 Å². The summed E-state index contributed by atoms with van der Waals surface area (Å²) in [4.78, 5) is 24.0. The van der Waals surface area contributed by atoms with Gasteiger partial charge in [0.05, 0.1) is 5.56 Å². The van der Waals surface area contributed by atoms with E-state index in [2.05, 4.69) is 0 Å². The van der Waals surface area contributed by atoms with Gasteiger partial charge in [-0.3, -0.25) is 4.79 Å². The van der Waals surface area contributed by atoms with Gasteiger partial charge in [-0.25, -0.2) is 4.79 Å². The molecule has 0 aliphatic heterocycles. The van der Waals surface area contributed by atoms with Gasteiger partial charge >= 0.3 is 5.97 Å². The number of carbonyl (C=O) groups excluding carboxylic acids is 2. The summed E-state index contributed by atoms with van der Waals surface area (Å²) in [7, 11) is 0. The van der Waals surface area contributed by atoms with Crippen molar-refractivity contribution in [2.75, 3.05) is 0 Å². The van der Waals surface area contributed by atoms with Crippen molar-refractivity contribution >= 4 is 11.8 Å². The maximum Gasteiger partial charge on any atom is 0.339 e. The first-order valence-corrected chi connectivity index (χ1v) is 7.16. The number of hydrogen-bond acceptors (Lipinski definition) is 3. The highest BCUT2D eigenvalue weighted by atomic mass is 16.6. The molecule has 0 fully saturated rings. The molecule has 4 nitrogen and oxygen atoms in total. The number of carbonyl (C=O) groups is 2. The molecule has 0 amide bonds. The SMILES string of the molecule is CC(C)(C)OC(=O)c1cc[n+](CC(=O)c2ccccc2)cc1. The van der Waals surface area contributed by atoms with Gasteiger partial charge in [0.1, 0.15) is 5.60 Å². The molecule has 1 aromatic heterocycles. The summed E-state index contributed by atoms with van der Waals surface area (Å²) in [6.45, 7) is 5.71. The molecule has 0 spiro atoms. The monoisotopic (exact) mass is 298 g/mol. The van der Waals surface area contributed by atoms with Gasteiger partial charge in [0.15, 0.2) is 12.4 Å². The molecular formula is C18H20NO3+. The average molecular weight is 298 g/mol. The van der Waals surface area contributed by atoms with Gasteiger partial charge in [-0.1, -0.05) is 30.3 Å². The Kier molecular flexibility index (Phi) is 4.71. The number of aromatic nitrogens is 1. The molecule has 0 saturated carbocycles. The summed E-state index contributed by atoms with van der Waals surface area (Å²) in [5, 5.41) is 0. The van der Waals surface area contributed by atoms with Crippen LogP contribution >= 0.6 is 0 Å². The van der Waals surface area contributed by atoms with E-state index in [4.69, 9.17) is 4.74 Å². The molecule has 0 aliphatic rings. The Morgan fingerprint density at radius 2 is 1.55 bits per heavy atom. The number of ether oxygens (including phenoxy) is 1. The Morgan fingerprint density at radius 1 is 0.955 bits per heavy atom. The fourth-order valence-corrected chi connectivity index (χ4v) is 1.92. The van der Waals surface area contributed by atoms with E-state index in [-0.39, 0.29) is 18.3 Å². The average Bonchev–Trinajstić information content (AvgIpc) is 2.47. The predicted molar refractivity (Wildman–Crippen MR) is 82.6 cm³/mol. The third-order valence-corrected chi connectivity index (χ3v) is 2.95. The van der Waals surface area contributed by atoms with Gasteiger partial charge in [-0.15, -0.1) is 0 Å². The first-order valence-electron chi connectivity index (χ1n) is 7.16. The second-order valence-corrected chi connectivity index (χ2v) is 6.05. The summed E-state index contributed by atoms with van der Waals surface area (Å²) in [6, 6.07) is 12.4. The first kappa shape index (κ1) is 15.9. The molecule has 0 N–H and O–H groups in total. The smallest absolute Gasteiger partial charge is 0.339 e. The van der Waals surface area contributed by atoms with Crippen LogP contribution in [0.25, 0.3) is 0 Å². The van der Waals surface area contributed by atoms with Crippen molar-refractivity contribution in [3.63, 3.8) is 0 Å². The predicted octanol–water partition coefficient (Wildman–Crippen LogP) is 2.81. The van der Waals surface area contributed by atoms with E-state index < -0.39 is 5.60 Å². The summed E-state index contributed by atoms with van der Waals surface area (Å²) >= 11 is 0. The molecule has 0 aliphatic carbocycles. The van der Waals surface area contributed by atoms with Crippen LogP contribution in [0.4, 0.5) is 0 Å². The van der Waals surface area contributed by atoms with Gasteiger partial charge < -0.3 is 4.74 Å². The lowest BCUT2D eigenvalue weighted by molar-refractivity contribution is -0.683. The number of pyridine rings is 1. The van der Waals surface area contributed by atoms with Gasteiger partial charge in [0, 0.05) is 17.7 Å². The van der Waals surface area contributed by atoms with Crippen molar-refractivity contribution in [1.29, 1.82) is 0 Å². The number of nitrogens with zero attached hydrogens (tertiary/aromatic N) is 1. The van der Waals surface area contributed by atoms with Crippen molar-refractivity contribution < 1.29 is 18.9 Å². The van der Waals surface area contributed by atoms with E-state index in [1.165, 1.54) is 0 Å². The van der Waals surface area contributed by atoms with Crippen molar-refractivity contribution in [1.82, 2.24) is 0 Å². The normalized spacial score (nSPS) is 11.0. The Hall–Kier alpha value is -2.49. The summed E-state index contributed by atoms with van der Waals surface area (Å²) in [6.07, 6.45) is 3.42. The molecule has 22 heavy (non-hydrogen) atoms. The van der Waals surface area contributed by atoms with Crippen molar-refractivity contribution in [3.05, 3.63) is 66.0 Å². The number of ketones is 1. The number of rotatable bonds is 4. The second-order valence-electron chi connectivity index (χ2n) is 6.05. The van der Waals surface area contributed by atoms with Crippen LogP contribution in [-0.2, 0) is 11.3 Å². The van der Waals surface area contributed by atoms with Crippen LogP contribution in [0.5, 0.6) is 0 Å². The van der Waals surface area contributed by atoms with E-state index in [1.54, 1.807) is 41.2 Å². The molecule has 0 atom stereocenters. The molecule has 114 valence electrons. The zero-order valence-electron chi connectivity index (χ0n) is 13.1. The standard InChI is InChI=1S/C18H20NO3/c1-18(2,3)22-17(21)15-9-11-19(12-10-15)13-16(20)14-7-5-4-6-8-14/h4-12H,13H2,1-3H3/q+1. The maximum absolute atomic E-state index is 12.1. The fraction of sp³-hybridized carbons (Fsp3) is 0.278. The quantitative estimate of drug-likeness (QED) is 0.495. The number of hydrogen-bond donors (Lipinski definition) is 0. The molecule has 4 heteroatoms. The Balaban J connectivity index is 2.03. The highest BCUT2D eigenvalue weighted by molar-refractivity contribution is 5.95. The van der Waals surface area contributed by atoms with E-state index in [9.17, 15) is 9.59 Å². The molecule has 0 saturated heterocycles. The zero-order valence-corrected chi connectivity index (χ0v) is 13.1. The molecule has 2 rings (SSSR count). The zero-order chi connectivity index (χ0) is 16.2. The first-order chi connectivity index (χ1) is 10.3. The van der Waals surface area contributed by atoms with Crippen LogP contribution in [0, 0.1) is 0 Å². The van der Waals surface area contributed by atoms with Crippen LogP contribution < -0.4 is 4.57 Å². The van der Waals surface area contributed by atoms with E-state index in [1.807, 2.05) is 39.0 Å². The molecule has 1 aromatic carbocycles. The third-order valence-electron chi connectivity index (χ3n) is 2.95. The van der Waals surface area contributed by atoms with Crippen LogP contribution in [0.15, 0.2) is 54.9 Å². The van der Waals surface area contributed by atoms with Crippen molar-refractivity contribution in [2.24, 2.45) is 0 Å². The minimum atomic E-state index is -0.522. The minimum absolute atomic E-state index is 0.0237. The molecule has 2 aromatic rings. The summed E-state index contributed by atoms with van der Waals surface area (Å²) in [5.41, 5.74) is 0.621. The lowest BCUT2D eigenvalue weighted by Crippen LogP contribution is -2.37. The van der Waals surface area contributed by atoms with Crippen molar-refractivity contribution in [3.8, 4) is 0 Å². The van der Waals surface area contributed by atoms with E-state index in [0.29, 0.717) is 11.1 Å². The number of benzene rings is 1. The highest BCUT2D eigenvalue weighted by Gasteiger charge is 2.19. The molecule has 0 unspecified atom stereocenters. The lowest BCUT2D eigenvalue weighted by Gasteiger charge is -2.19. The fourth-order valence-electron chi connectivity index (χ4n) is 1.92. The van der Waals surface area contributed by atoms with Gasteiger partial charge in [0.25, 0.3) is 0 Å². The van der Waals surface area contributed by atoms with Gasteiger partial charge in [0.2, 0.25) is 12.3 Å². The molecule has 0 radical (unpaired) electrons. The Morgan fingerprint density at radius 3 is 2.09 bits per heavy atom. The molecule has 0 bridgehead atoms. The molecular weight excluding hydrogens is 278 g/mol. The van der Waals surface area contributed by atoms with Crippen LogP contribution in [0.1, 0.15) is 41.5 Å². The van der Waals surface area contributed by atoms with Crippen molar-refractivity contribution in [2.45, 2.75) is 32.9 Å². The lowest BCUT2D eigenvalue weighted by atomic mass is 10.1. The second kappa shape index (κ2) is 6.52. The van der Waals surface area contributed by atoms with E-state index >= 15 is 0 Å². The van der Waals surface area contributed by atoms with Crippen LogP contribution in [0.3, 0.4) is 0 Å². The topological polar surface area (TPSA) is 47.2 Å². The highest BCUT2D eigenvalue weighted by Crippen LogP contribution is 2.11. The summed E-state index contributed by atoms with van der Waals surface area (Å²) < 4.78 is 7.04. The number of esters is 1. The maximum atomic E-state index is 12.1. The number of Topliss-reactive ketones (excluding diaryl/α,β-unsaturated/α-hetero) is 1. The minimum Gasteiger partial charge on any atom is -0.456 e. The Bertz CT molecular complexity index is 655. The largest absolute Gasteiger partial charge is 0.456 e. The van der Waals surface area contributed by atoms with Gasteiger partial charge in [-0.2, -0.15) is 4.57 Å².